The van der Waals surface area contributed by atoms with Crippen LogP contribution in [0, 0.1) is 5.92 Å². The number of carboxylic acid groups (broad SMARTS) is 2. The lowest BCUT2D eigenvalue weighted by Gasteiger charge is -2.26. The zero-order chi connectivity index (χ0) is 27.4. The fourth-order valence-corrected chi connectivity index (χ4v) is 3.19. The zero-order valence-corrected chi connectivity index (χ0v) is 20.1. The van der Waals surface area contributed by atoms with Crippen LogP contribution >= 0.6 is 0 Å². The van der Waals surface area contributed by atoms with Crippen LogP contribution < -0.4 is 27.4 Å². The number of carbonyl (C=O) groups is 6. The summed E-state index contributed by atoms with van der Waals surface area (Å²) in [5, 5.41) is 25.7. The van der Waals surface area contributed by atoms with Crippen molar-refractivity contribution in [3.63, 3.8) is 0 Å². The maximum atomic E-state index is 12.9. The average molecular weight is 508 g/mol. The summed E-state index contributed by atoms with van der Waals surface area (Å²) in [6, 6.07) is 3.16. The molecule has 198 valence electrons. The topological polar surface area (TPSA) is 231 Å². The predicted molar refractivity (Wildman–Crippen MR) is 127 cm³/mol. The first-order valence-electron chi connectivity index (χ1n) is 11.2. The number of carbonyl (C=O) groups excluding carboxylic acids is 4. The quantitative estimate of drug-likeness (QED) is 0.146. The van der Waals surface area contributed by atoms with E-state index in [4.69, 9.17) is 11.5 Å². The molecule has 0 spiro atoms. The highest BCUT2D eigenvalue weighted by molar-refractivity contribution is 5.95. The van der Waals surface area contributed by atoms with Crippen molar-refractivity contribution in [1.29, 1.82) is 0 Å². The SMILES string of the molecule is CC(C)C(NC(=O)C(N)CCC(N)=O)C(=O)NC(CC(=O)O)C(=O)NC(Cc1ccccc1)C(=O)O. The van der Waals surface area contributed by atoms with E-state index in [9.17, 15) is 39.0 Å². The monoisotopic (exact) mass is 507 g/mol. The van der Waals surface area contributed by atoms with Gasteiger partial charge in [0.05, 0.1) is 12.5 Å². The van der Waals surface area contributed by atoms with E-state index in [-0.39, 0.29) is 19.3 Å². The van der Waals surface area contributed by atoms with Gasteiger partial charge in [-0.2, -0.15) is 0 Å². The Kier molecular flexibility index (Phi) is 12.0. The van der Waals surface area contributed by atoms with Crippen molar-refractivity contribution in [3.8, 4) is 0 Å². The maximum absolute atomic E-state index is 12.9. The number of aliphatic carboxylic acids is 2. The van der Waals surface area contributed by atoms with Gasteiger partial charge in [-0.05, 0) is 17.9 Å². The smallest absolute Gasteiger partial charge is 0.326 e. The van der Waals surface area contributed by atoms with Gasteiger partial charge in [0.1, 0.15) is 18.1 Å². The largest absolute Gasteiger partial charge is 0.481 e. The molecular formula is C23H33N5O8. The third-order valence-corrected chi connectivity index (χ3v) is 5.19. The molecule has 0 saturated heterocycles. The summed E-state index contributed by atoms with van der Waals surface area (Å²) in [6.07, 6.45) is -1.08. The lowest BCUT2D eigenvalue weighted by atomic mass is 10.0. The van der Waals surface area contributed by atoms with Crippen LogP contribution in [0.3, 0.4) is 0 Å². The first-order chi connectivity index (χ1) is 16.8. The highest BCUT2D eigenvalue weighted by Gasteiger charge is 2.32. The minimum atomic E-state index is -1.62. The summed E-state index contributed by atoms with van der Waals surface area (Å²) in [4.78, 5) is 72.0. The van der Waals surface area contributed by atoms with Crippen molar-refractivity contribution >= 4 is 35.6 Å². The van der Waals surface area contributed by atoms with Crippen molar-refractivity contribution in [1.82, 2.24) is 16.0 Å². The average Bonchev–Trinajstić information content (AvgIpc) is 2.79. The number of nitrogens with one attached hydrogen (secondary N) is 3. The van der Waals surface area contributed by atoms with E-state index in [0.29, 0.717) is 5.56 Å². The van der Waals surface area contributed by atoms with Gasteiger partial charge < -0.3 is 37.6 Å². The van der Waals surface area contributed by atoms with E-state index < -0.39 is 72.1 Å². The number of benzene rings is 1. The molecule has 0 heterocycles. The van der Waals surface area contributed by atoms with E-state index >= 15 is 0 Å². The molecule has 13 nitrogen and oxygen atoms in total. The molecule has 9 N–H and O–H groups in total. The summed E-state index contributed by atoms with van der Waals surface area (Å²) in [6.45, 7) is 3.21. The van der Waals surface area contributed by atoms with Gasteiger partial charge in [-0.25, -0.2) is 4.79 Å². The highest BCUT2D eigenvalue weighted by atomic mass is 16.4. The number of carboxylic acids is 2. The molecule has 0 fully saturated rings. The number of nitrogens with two attached hydrogens (primary N) is 2. The number of rotatable bonds is 15. The molecule has 0 aliphatic carbocycles. The zero-order valence-electron chi connectivity index (χ0n) is 20.1. The van der Waals surface area contributed by atoms with Gasteiger partial charge in [0.2, 0.25) is 23.6 Å². The van der Waals surface area contributed by atoms with Gasteiger partial charge in [0.25, 0.3) is 0 Å². The lowest BCUT2D eigenvalue weighted by Crippen LogP contribution is -2.58. The van der Waals surface area contributed by atoms with Crippen molar-refractivity contribution < 1.29 is 39.0 Å². The molecule has 0 saturated carbocycles. The third-order valence-electron chi connectivity index (χ3n) is 5.19. The minimum Gasteiger partial charge on any atom is -0.481 e. The van der Waals surface area contributed by atoms with Crippen LogP contribution in [0.15, 0.2) is 30.3 Å². The summed E-state index contributed by atoms with van der Waals surface area (Å²) in [5.74, 6) is -6.51. The second-order valence-electron chi connectivity index (χ2n) is 8.59. The summed E-state index contributed by atoms with van der Waals surface area (Å²) < 4.78 is 0. The van der Waals surface area contributed by atoms with Crippen LogP contribution in [-0.4, -0.2) is 69.9 Å². The predicted octanol–water partition coefficient (Wildman–Crippen LogP) is -1.51. The summed E-state index contributed by atoms with van der Waals surface area (Å²) in [5.41, 5.74) is 11.4. The molecule has 0 aromatic heterocycles. The van der Waals surface area contributed by atoms with Gasteiger partial charge in [-0.3, -0.25) is 24.0 Å². The Balaban J connectivity index is 2.95. The molecule has 1 aromatic rings. The van der Waals surface area contributed by atoms with Crippen LogP contribution in [0.2, 0.25) is 0 Å². The Morgan fingerprint density at radius 2 is 1.44 bits per heavy atom. The molecular weight excluding hydrogens is 474 g/mol. The summed E-state index contributed by atoms with van der Waals surface area (Å²) in [7, 11) is 0. The Hall–Kier alpha value is -4.00. The number of amides is 4. The first-order valence-corrected chi connectivity index (χ1v) is 11.2. The van der Waals surface area contributed by atoms with E-state index in [1.807, 2.05) is 0 Å². The van der Waals surface area contributed by atoms with Crippen molar-refractivity contribution in [2.45, 2.75) is 63.7 Å². The third kappa shape index (κ3) is 10.5. The molecule has 0 aliphatic heterocycles. The molecule has 4 amide bonds. The van der Waals surface area contributed by atoms with Crippen LogP contribution in [0.1, 0.15) is 38.7 Å². The van der Waals surface area contributed by atoms with E-state index in [0.717, 1.165) is 0 Å². The molecule has 0 aliphatic rings. The Morgan fingerprint density at radius 3 is 1.94 bits per heavy atom. The number of primary amides is 1. The van der Waals surface area contributed by atoms with Crippen molar-refractivity contribution in [2.75, 3.05) is 0 Å². The van der Waals surface area contributed by atoms with Gasteiger partial charge in [-0.1, -0.05) is 44.2 Å². The molecule has 13 heteroatoms. The standard InChI is InChI=1S/C23H33N5O8/c1-12(2)19(28-20(32)14(24)8-9-17(25)29)22(34)26-15(11-18(30)31)21(33)27-16(23(35)36)10-13-6-4-3-5-7-13/h3-7,12,14-16,19H,8-11,24H2,1-2H3,(H2,25,29)(H,26,34)(H,27,33)(H,28,32)(H,30,31)(H,35,36). The Morgan fingerprint density at radius 1 is 0.861 bits per heavy atom. The highest BCUT2D eigenvalue weighted by Crippen LogP contribution is 2.07. The van der Waals surface area contributed by atoms with E-state index in [1.165, 1.54) is 0 Å². The minimum absolute atomic E-state index is 0.0460. The van der Waals surface area contributed by atoms with Gasteiger partial charge in [0.15, 0.2) is 0 Å². The normalized spacial score (nSPS) is 14.1. The van der Waals surface area contributed by atoms with Gasteiger partial charge in [0, 0.05) is 12.8 Å². The fraction of sp³-hybridized carbons (Fsp3) is 0.478. The second-order valence-corrected chi connectivity index (χ2v) is 8.59. The first kappa shape index (κ1) is 30.0. The van der Waals surface area contributed by atoms with Crippen molar-refractivity contribution in [2.24, 2.45) is 17.4 Å². The Bertz CT molecular complexity index is 953. The molecule has 1 aromatic carbocycles. The van der Waals surface area contributed by atoms with Crippen molar-refractivity contribution in [3.05, 3.63) is 35.9 Å². The van der Waals surface area contributed by atoms with Crippen LogP contribution in [0.25, 0.3) is 0 Å². The molecule has 1 rings (SSSR count). The second kappa shape index (κ2) is 14.4. The molecule has 0 bridgehead atoms. The van der Waals surface area contributed by atoms with E-state index in [1.54, 1.807) is 44.2 Å². The van der Waals surface area contributed by atoms with E-state index in [2.05, 4.69) is 16.0 Å². The van der Waals surface area contributed by atoms with Gasteiger partial charge >= 0.3 is 11.9 Å². The van der Waals surface area contributed by atoms with Crippen LogP contribution in [-0.2, 0) is 35.2 Å². The molecule has 4 unspecified atom stereocenters. The molecule has 36 heavy (non-hydrogen) atoms. The van der Waals surface area contributed by atoms with Crippen LogP contribution in [0.4, 0.5) is 0 Å². The number of hydrogen-bond acceptors (Lipinski definition) is 7. The lowest BCUT2D eigenvalue weighted by molar-refractivity contribution is -0.143. The van der Waals surface area contributed by atoms with Crippen LogP contribution in [0.5, 0.6) is 0 Å². The molecule has 0 radical (unpaired) electrons. The maximum Gasteiger partial charge on any atom is 0.326 e. The molecule has 4 atom stereocenters. The summed E-state index contributed by atoms with van der Waals surface area (Å²) >= 11 is 0. The number of hydrogen-bond donors (Lipinski definition) is 7. The fourth-order valence-electron chi connectivity index (χ4n) is 3.19. The Labute approximate surface area is 208 Å². The van der Waals surface area contributed by atoms with Gasteiger partial charge in [-0.15, -0.1) is 0 Å².